The van der Waals surface area contributed by atoms with E-state index in [2.05, 4.69) is 11.1 Å². The number of rotatable bonds is 7. The van der Waals surface area contributed by atoms with Gasteiger partial charge in [0.15, 0.2) is 11.5 Å². The minimum Gasteiger partial charge on any atom is -0.497 e. The molecule has 3 heterocycles. The van der Waals surface area contributed by atoms with Gasteiger partial charge in [0, 0.05) is 10.8 Å². The summed E-state index contributed by atoms with van der Waals surface area (Å²) in [6.07, 6.45) is 0. The zero-order chi connectivity index (χ0) is 28.0. The first-order valence-corrected chi connectivity index (χ1v) is 14.4. The molecule has 3 atom stereocenters. The van der Waals surface area contributed by atoms with E-state index < -0.39 is 17.1 Å². The highest BCUT2D eigenvalue weighted by Gasteiger charge is 2.56. The van der Waals surface area contributed by atoms with E-state index in [-0.39, 0.29) is 16.7 Å². The van der Waals surface area contributed by atoms with Crippen molar-refractivity contribution in [2.45, 2.75) is 29.7 Å². The number of aromatic nitrogens is 1. The van der Waals surface area contributed by atoms with Crippen LogP contribution in [0.4, 0.5) is 5.69 Å². The van der Waals surface area contributed by atoms with Gasteiger partial charge >= 0.3 is 4.87 Å². The number of carbonyl (C=O) groups excluding carboxylic acids is 2. The van der Waals surface area contributed by atoms with Crippen molar-refractivity contribution in [2.24, 2.45) is 5.92 Å². The van der Waals surface area contributed by atoms with E-state index in [1.807, 2.05) is 43.3 Å². The average Bonchev–Trinajstić information content (AvgIpc) is 3.46. The number of benzene rings is 3. The van der Waals surface area contributed by atoms with Crippen molar-refractivity contribution in [1.82, 2.24) is 4.98 Å². The number of thiazole rings is 1. The molecule has 0 saturated carbocycles. The Morgan fingerprint density at radius 3 is 2.42 bits per heavy atom. The van der Waals surface area contributed by atoms with E-state index >= 15 is 0 Å². The Kier molecular flexibility index (Phi) is 6.89. The summed E-state index contributed by atoms with van der Waals surface area (Å²) in [6.45, 7) is 2.40. The van der Waals surface area contributed by atoms with E-state index in [4.69, 9.17) is 14.2 Å². The molecule has 1 fully saturated rings. The van der Waals surface area contributed by atoms with Crippen LogP contribution in [0, 0.1) is 12.8 Å². The Balaban J connectivity index is 1.36. The highest BCUT2D eigenvalue weighted by molar-refractivity contribution is 8.00. The number of aromatic amines is 1. The largest absolute Gasteiger partial charge is 0.497 e. The van der Waals surface area contributed by atoms with Gasteiger partial charge in [-0.1, -0.05) is 59.0 Å². The summed E-state index contributed by atoms with van der Waals surface area (Å²) in [5, 5.41) is -0.0571. The zero-order valence-electron chi connectivity index (χ0n) is 22.0. The number of ether oxygens (including phenoxy) is 3. The summed E-state index contributed by atoms with van der Waals surface area (Å²) in [5.41, 5.74) is 3.44. The fourth-order valence-corrected chi connectivity index (χ4v) is 7.84. The van der Waals surface area contributed by atoms with Crippen LogP contribution in [0.3, 0.4) is 0 Å². The number of amides is 2. The SMILES string of the molecule is COc1ccc(N2C(=O)C3Sc4[nH]c(=O)sc4C(c4ccc(OCc5cccc(C)c5)c(OC)c4)C3C2=O)cc1. The van der Waals surface area contributed by atoms with Crippen LogP contribution in [0.1, 0.15) is 27.5 Å². The van der Waals surface area contributed by atoms with Gasteiger partial charge in [-0.15, -0.1) is 0 Å². The molecule has 1 saturated heterocycles. The van der Waals surface area contributed by atoms with Gasteiger partial charge in [-0.05, 0) is 54.4 Å². The maximum absolute atomic E-state index is 13.9. The number of hydrogen-bond acceptors (Lipinski definition) is 8. The third-order valence-corrected chi connectivity index (χ3v) is 9.58. The molecule has 0 aliphatic carbocycles. The smallest absolute Gasteiger partial charge is 0.305 e. The lowest BCUT2D eigenvalue weighted by Crippen LogP contribution is -2.32. The second-order valence-corrected chi connectivity index (χ2v) is 11.8. The average molecular weight is 575 g/mol. The molecule has 3 unspecified atom stereocenters. The lowest BCUT2D eigenvalue weighted by atomic mass is 9.83. The van der Waals surface area contributed by atoms with Gasteiger partial charge in [0.2, 0.25) is 11.8 Å². The minimum atomic E-state index is -0.692. The number of imide groups is 1. The van der Waals surface area contributed by atoms with Crippen molar-refractivity contribution in [3.8, 4) is 17.2 Å². The number of nitrogens with one attached hydrogen (secondary N) is 1. The number of aryl methyl sites for hydroxylation is 1. The minimum absolute atomic E-state index is 0.223. The summed E-state index contributed by atoms with van der Waals surface area (Å²) in [7, 11) is 3.12. The lowest BCUT2D eigenvalue weighted by molar-refractivity contribution is -0.122. The molecule has 0 bridgehead atoms. The molecule has 10 heteroatoms. The van der Waals surface area contributed by atoms with Gasteiger partial charge < -0.3 is 19.2 Å². The Hall–Kier alpha value is -4.02. The van der Waals surface area contributed by atoms with E-state index in [0.29, 0.717) is 34.6 Å². The van der Waals surface area contributed by atoms with Crippen LogP contribution in [-0.4, -0.2) is 36.3 Å². The first-order chi connectivity index (χ1) is 19.4. The van der Waals surface area contributed by atoms with Crippen LogP contribution < -0.4 is 24.0 Å². The molecule has 4 aromatic rings. The molecule has 2 aliphatic rings. The quantitative estimate of drug-likeness (QED) is 0.306. The van der Waals surface area contributed by atoms with Crippen molar-refractivity contribution in [3.05, 3.63) is 98.0 Å². The normalized spacial score (nSPS) is 19.8. The first-order valence-electron chi connectivity index (χ1n) is 12.7. The molecule has 8 nitrogen and oxygen atoms in total. The third-order valence-electron chi connectivity index (χ3n) is 7.18. The Labute approximate surface area is 238 Å². The summed E-state index contributed by atoms with van der Waals surface area (Å²) in [6, 6.07) is 20.5. The monoisotopic (exact) mass is 574 g/mol. The Bertz CT molecular complexity index is 1660. The second kappa shape index (κ2) is 10.5. The molecule has 6 rings (SSSR count). The van der Waals surface area contributed by atoms with Gasteiger partial charge in [0.1, 0.15) is 17.6 Å². The number of carbonyl (C=O) groups is 2. The lowest BCUT2D eigenvalue weighted by Gasteiger charge is -2.30. The molecule has 40 heavy (non-hydrogen) atoms. The van der Waals surface area contributed by atoms with E-state index in [9.17, 15) is 14.4 Å². The molecular formula is C30H26N2O6S2. The van der Waals surface area contributed by atoms with Crippen molar-refractivity contribution in [3.63, 3.8) is 0 Å². The van der Waals surface area contributed by atoms with Crippen LogP contribution >= 0.6 is 23.1 Å². The van der Waals surface area contributed by atoms with E-state index in [0.717, 1.165) is 32.9 Å². The molecule has 3 aromatic carbocycles. The maximum atomic E-state index is 13.9. The van der Waals surface area contributed by atoms with Gasteiger partial charge in [-0.2, -0.15) is 0 Å². The van der Waals surface area contributed by atoms with Gasteiger partial charge in [-0.25, -0.2) is 4.90 Å². The summed E-state index contributed by atoms with van der Waals surface area (Å²) < 4.78 is 17.0. The number of thioether (sulfide) groups is 1. The number of nitrogens with zero attached hydrogens (tertiary/aromatic N) is 1. The van der Waals surface area contributed by atoms with Crippen LogP contribution in [0.5, 0.6) is 17.2 Å². The summed E-state index contributed by atoms with van der Waals surface area (Å²) >= 11 is 2.32. The van der Waals surface area contributed by atoms with Crippen molar-refractivity contribution >= 4 is 40.6 Å². The molecule has 1 N–H and O–H groups in total. The van der Waals surface area contributed by atoms with Crippen molar-refractivity contribution in [2.75, 3.05) is 19.1 Å². The predicted molar refractivity (Wildman–Crippen MR) is 154 cm³/mol. The number of hydrogen-bond donors (Lipinski definition) is 1. The highest BCUT2D eigenvalue weighted by Crippen LogP contribution is 2.53. The number of methoxy groups -OCH3 is 2. The molecule has 204 valence electrons. The van der Waals surface area contributed by atoms with Crippen molar-refractivity contribution in [1.29, 1.82) is 0 Å². The molecule has 2 amide bonds. The molecule has 0 radical (unpaired) electrons. The van der Waals surface area contributed by atoms with Crippen LogP contribution in [-0.2, 0) is 16.2 Å². The van der Waals surface area contributed by atoms with Gasteiger partial charge in [0.05, 0.1) is 30.9 Å². The number of H-pyrrole nitrogens is 1. The second-order valence-electron chi connectivity index (χ2n) is 9.65. The molecular weight excluding hydrogens is 548 g/mol. The van der Waals surface area contributed by atoms with E-state index in [1.165, 1.54) is 16.7 Å². The molecule has 2 aliphatic heterocycles. The fraction of sp³-hybridized carbons (Fsp3) is 0.233. The summed E-state index contributed by atoms with van der Waals surface area (Å²) in [4.78, 5) is 44.6. The predicted octanol–water partition coefficient (Wildman–Crippen LogP) is 5.14. The first kappa shape index (κ1) is 26.2. The Morgan fingerprint density at radius 1 is 0.900 bits per heavy atom. The molecule has 0 spiro atoms. The Morgan fingerprint density at radius 2 is 1.70 bits per heavy atom. The highest BCUT2D eigenvalue weighted by atomic mass is 32.2. The topological polar surface area (TPSA) is 97.9 Å². The zero-order valence-corrected chi connectivity index (χ0v) is 23.6. The molecule has 1 aromatic heterocycles. The van der Waals surface area contributed by atoms with Crippen LogP contribution in [0.25, 0.3) is 0 Å². The third kappa shape index (κ3) is 4.56. The summed E-state index contributed by atoms with van der Waals surface area (Å²) in [5.74, 6) is -0.115. The van der Waals surface area contributed by atoms with Crippen LogP contribution in [0.2, 0.25) is 0 Å². The van der Waals surface area contributed by atoms with Crippen molar-refractivity contribution < 1.29 is 23.8 Å². The number of anilines is 1. The standard InChI is InChI=1S/C30H26N2O6S2/c1-16-5-4-6-17(13-16)15-38-21-12-7-18(14-22(21)37-3)23-24-26(39-27-25(23)40-30(35)31-27)29(34)32(28(24)33)19-8-10-20(36-2)11-9-19/h4-14,23-24,26H,15H2,1-3H3,(H,31,35). The van der Waals surface area contributed by atoms with Crippen LogP contribution in [0.15, 0.2) is 76.6 Å². The van der Waals surface area contributed by atoms with Gasteiger partial charge in [-0.3, -0.25) is 14.4 Å². The van der Waals surface area contributed by atoms with Gasteiger partial charge in [0.25, 0.3) is 0 Å². The van der Waals surface area contributed by atoms with E-state index in [1.54, 1.807) is 38.5 Å². The maximum Gasteiger partial charge on any atom is 0.305 e. The fourth-order valence-electron chi connectivity index (χ4n) is 5.32. The number of fused-ring (bicyclic) bond motifs is 2.